The summed E-state index contributed by atoms with van der Waals surface area (Å²) in [6.45, 7) is 1.87. The third kappa shape index (κ3) is 5.34. The number of hydrogen-bond acceptors (Lipinski definition) is 3. The average Bonchev–Trinajstić information content (AvgIpc) is 3.08. The zero-order valence-electron chi connectivity index (χ0n) is 13.1. The second kappa shape index (κ2) is 9.42. The van der Waals surface area contributed by atoms with Crippen LogP contribution in [0.1, 0.15) is 16.0 Å². The first-order valence-electron chi connectivity index (χ1n) is 7.49. The quantitative estimate of drug-likeness (QED) is 0.624. The fourth-order valence-corrected chi connectivity index (χ4v) is 2.94. The van der Waals surface area contributed by atoms with Crippen LogP contribution in [0.25, 0.3) is 0 Å². The number of benzene rings is 2. The van der Waals surface area contributed by atoms with Gasteiger partial charge in [0, 0.05) is 23.5 Å². The molecule has 0 aliphatic rings. The first-order chi connectivity index (χ1) is 11.3. The van der Waals surface area contributed by atoms with E-state index in [0.717, 1.165) is 24.4 Å². The molecule has 3 aromatic rings. The highest BCUT2D eigenvalue weighted by atomic mass is 35.5. The second-order valence-electron chi connectivity index (χ2n) is 5.21. The van der Waals surface area contributed by atoms with Crippen LogP contribution in [0.3, 0.4) is 0 Å². The summed E-state index contributed by atoms with van der Waals surface area (Å²) >= 11 is 1.75. The molecule has 24 heavy (non-hydrogen) atoms. The highest BCUT2D eigenvalue weighted by Crippen LogP contribution is 2.16. The molecule has 0 saturated carbocycles. The lowest BCUT2D eigenvalue weighted by atomic mass is 10.2. The largest absolute Gasteiger partial charge is 0.489 e. The van der Waals surface area contributed by atoms with Crippen molar-refractivity contribution in [3.8, 4) is 5.75 Å². The molecule has 0 aliphatic heterocycles. The van der Waals surface area contributed by atoms with Gasteiger partial charge in [0.1, 0.15) is 18.2 Å². The van der Waals surface area contributed by atoms with Gasteiger partial charge >= 0.3 is 0 Å². The van der Waals surface area contributed by atoms with Crippen molar-refractivity contribution in [2.45, 2.75) is 19.7 Å². The lowest BCUT2D eigenvalue weighted by molar-refractivity contribution is 0.299. The van der Waals surface area contributed by atoms with Crippen LogP contribution >= 0.6 is 23.7 Å². The molecule has 0 aliphatic carbocycles. The van der Waals surface area contributed by atoms with E-state index in [-0.39, 0.29) is 24.8 Å². The van der Waals surface area contributed by atoms with Crippen molar-refractivity contribution in [3.63, 3.8) is 0 Å². The van der Waals surface area contributed by atoms with Crippen molar-refractivity contribution in [2.75, 3.05) is 0 Å². The Kier molecular flexibility index (Phi) is 7.25. The van der Waals surface area contributed by atoms with Crippen LogP contribution < -0.4 is 10.1 Å². The number of rotatable bonds is 7. The smallest absolute Gasteiger partial charge is 0.129 e. The molecule has 0 unspecified atom stereocenters. The Morgan fingerprint density at radius 2 is 1.83 bits per heavy atom. The Morgan fingerprint density at radius 3 is 2.62 bits per heavy atom. The van der Waals surface area contributed by atoms with Crippen LogP contribution in [-0.4, -0.2) is 0 Å². The Morgan fingerprint density at radius 1 is 0.958 bits per heavy atom. The third-order valence-corrected chi connectivity index (χ3v) is 4.34. The molecule has 1 N–H and O–H groups in total. The van der Waals surface area contributed by atoms with Gasteiger partial charge < -0.3 is 10.1 Å². The highest BCUT2D eigenvalue weighted by molar-refractivity contribution is 7.09. The molecule has 0 radical (unpaired) electrons. The van der Waals surface area contributed by atoms with Gasteiger partial charge in [-0.15, -0.1) is 23.7 Å². The summed E-state index contributed by atoms with van der Waals surface area (Å²) in [6.07, 6.45) is 0. The average molecular weight is 364 g/mol. The number of ether oxygens (including phenoxy) is 1. The summed E-state index contributed by atoms with van der Waals surface area (Å²) < 4.78 is 19.3. The van der Waals surface area contributed by atoms with E-state index in [1.165, 1.54) is 10.9 Å². The Bertz CT molecular complexity index is 749. The van der Waals surface area contributed by atoms with E-state index < -0.39 is 0 Å². The van der Waals surface area contributed by atoms with Gasteiger partial charge in [-0.1, -0.05) is 36.4 Å². The van der Waals surface area contributed by atoms with Crippen LogP contribution in [0.5, 0.6) is 5.75 Å². The molecular weight excluding hydrogens is 345 g/mol. The molecule has 2 nitrogen and oxygen atoms in total. The maximum absolute atomic E-state index is 13.6. The molecular formula is C19H19ClFNOS. The van der Waals surface area contributed by atoms with E-state index in [9.17, 15) is 4.39 Å². The molecule has 1 aromatic heterocycles. The standard InChI is InChI=1S/C19H18FNOS.ClH/c20-19-9-2-1-6-16(19)14-22-17-7-3-5-15(11-17)12-21-13-18-8-4-10-23-18;/h1-11,21H,12-14H2;1H. The molecule has 3 rings (SSSR count). The lowest BCUT2D eigenvalue weighted by Gasteiger charge is -2.09. The molecule has 0 saturated heterocycles. The van der Waals surface area contributed by atoms with Gasteiger partial charge in [-0.2, -0.15) is 0 Å². The zero-order valence-corrected chi connectivity index (χ0v) is 14.7. The minimum absolute atomic E-state index is 0. The topological polar surface area (TPSA) is 21.3 Å². The number of thiophene rings is 1. The van der Waals surface area contributed by atoms with Gasteiger partial charge in [0.25, 0.3) is 0 Å². The molecule has 0 atom stereocenters. The summed E-state index contributed by atoms with van der Waals surface area (Å²) in [4.78, 5) is 1.32. The second-order valence-corrected chi connectivity index (χ2v) is 6.24. The Labute approximate surface area is 151 Å². The monoisotopic (exact) mass is 363 g/mol. The highest BCUT2D eigenvalue weighted by Gasteiger charge is 2.03. The van der Waals surface area contributed by atoms with E-state index in [1.807, 2.05) is 24.3 Å². The minimum Gasteiger partial charge on any atom is -0.489 e. The van der Waals surface area contributed by atoms with Crippen molar-refractivity contribution in [2.24, 2.45) is 0 Å². The van der Waals surface area contributed by atoms with E-state index in [4.69, 9.17) is 4.74 Å². The van der Waals surface area contributed by atoms with Crippen molar-refractivity contribution in [3.05, 3.63) is 87.9 Å². The Hall–Kier alpha value is -1.88. The molecule has 0 amide bonds. The van der Waals surface area contributed by atoms with Crippen molar-refractivity contribution in [1.82, 2.24) is 5.32 Å². The number of hydrogen-bond donors (Lipinski definition) is 1. The lowest BCUT2D eigenvalue weighted by Crippen LogP contribution is -2.11. The van der Waals surface area contributed by atoms with Crippen LogP contribution in [0.4, 0.5) is 4.39 Å². The maximum Gasteiger partial charge on any atom is 0.129 e. The number of nitrogens with one attached hydrogen (secondary N) is 1. The maximum atomic E-state index is 13.6. The molecule has 2 aromatic carbocycles. The predicted octanol–water partition coefficient (Wildman–Crippen LogP) is 5.18. The van der Waals surface area contributed by atoms with Crippen molar-refractivity contribution >= 4 is 23.7 Å². The first kappa shape index (κ1) is 18.5. The van der Waals surface area contributed by atoms with E-state index in [2.05, 4.69) is 28.9 Å². The summed E-state index contributed by atoms with van der Waals surface area (Å²) in [7, 11) is 0. The van der Waals surface area contributed by atoms with E-state index in [0.29, 0.717) is 5.56 Å². The van der Waals surface area contributed by atoms with Crippen molar-refractivity contribution < 1.29 is 9.13 Å². The van der Waals surface area contributed by atoms with Crippen LogP contribution in [-0.2, 0) is 19.7 Å². The fraction of sp³-hybridized carbons (Fsp3) is 0.158. The van der Waals surface area contributed by atoms with Crippen LogP contribution in [0.15, 0.2) is 66.0 Å². The van der Waals surface area contributed by atoms with Crippen LogP contribution in [0, 0.1) is 5.82 Å². The van der Waals surface area contributed by atoms with Gasteiger partial charge in [-0.05, 0) is 35.2 Å². The number of halogens is 2. The summed E-state index contributed by atoms with van der Waals surface area (Å²) in [5.74, 6) is 0.518. The van der Waals surface area contributed by atoms with Gasteiger partial charge in [0.15, 0.2) is 0 Å². The molecule has 0 spiro atoms. The van der Waals surface area contributed by atoms with Gasteiger partial charge in [-0.25, -0.2) is 4.39 Å². The van der Waals surface area contributed by atoms with Gasteiger partial charge in [-0.3, -0.25) is 0 Å². The molecule has 1 heterocycles. The fourth-order valence-electron chi connectivity index (χ4n) is 2.26. The predicted molar refractivity (Wildman–Crippen MR) is 99.3 cm³/mol. The van der Waals surface area contributed by atoms with Gasteiger partial charge in [0.2, 0.25) is 0 Å². The van der Waals surface area contributed by atoms with Gasteiger partial charge in [0.05, 0.1) is 0 Å². The van der Waals surface area contributed by atoms with Crippen LogP contribution in [0.2, 0.25) is 0 Å². The minimum atomic E-state index is -0.235. The summed E-state index contributed by atoms with van der Waals surface area (Å²) in [5.41, 5.74) is 1.71. The third-order valence-electron chi connectivity index (χ3n) is 3.46. The first-order valence-corrected chi connectivity index (χ1v) is 8.37. The molecule has 0 fully saturated rings. The van der Waals surface area contributed by atoms with E-state index in [1.54, 1.807) is 23.5 Å². The molecule has 0 bridgehead atoms. The molecule has 5 heteroatoms. The SMILES string of the molecule is Cl.Fc1ccccc1COc1cccc(CNCc2cccs2)c1. The normalized spacial score (nSPS) is 10.2. The molecule has 126 valence electrons. The Balaban J connectivity index is 0.00000208. The van der Waals surface area contributed by atoms with Crippen molar-refractivity contribution in [1.29, 1.82) is 0 Å². The summed E-state index contributed by atoms with van der Waals surface area (Å²) in [6, 6.07) is 18.7. The summed E-state index contributed by atoms with van der Waals surface area (Å²) in [5, 5.41) is 5.49. The zero-order chi connectivity index (χ0) is 15.9. The van der Waals surface area contributed by atoms with E-state index >= 15 is 0 Å².